The van der Waals surface area contributed by atoms with Crippen molar-refractivity contribution in [1.29, 1.82) is 0 Å². The molecule has 7 heteroatoms. The minimum atomic E-state index is -1.51. The van der Waals surface area contributed by atoms with Gasteiger partial charge in [-0.15, -0.1) is 0 Å². The summed E-state index contributed by atoms with van der Waals surface area (Å²) < 4.78 is 37.8. The Morgan fingerprint density at radius 3 is 2.39 bits per heavy atom. The van der Waals surface area contributed by atoms with Crippen LogP contribution in [0.15, 0.2) is 18.2 Å². The van der Waals surface area contributed by atoms with Crippen LogP contribution >= 0.6 is 0 Å². The molecule has 5 nitrogen and oxygen atoms in total. The molecule has 1 aliphatic rings. The van der Waals surface area contributed by atoms with E-state index in [9.17, 15) is 13.4 Å². The van der Waals surface area contributed by atoms with Gasteiger partial charge in [0.2, 0.25) is 0 Å². The first-order valence-electron chi connectivity index (χ1n) is 7.62. The maximum absolute atomic E-state index is 13.1. The zero-order chi connectivity index (χ0) is 17.0. The molecule has 1 aromatic rings. The molecule has 1 atom stereocenters. The van der Waals surface area contributed by atoms with Crippen molar-refractivity contribution in [1.82, 2.24) is 4.31 Å². The van der Waals surface area contributed by atoms with Gasteiger partial charge in [0.25, 0.3) is 0 Å². The van der Waals surface area contributed by atoms with Gasteiger partial charge in [-0.3, -0.25) is 4.79 Å². The van der Waals surface area contributed by atoms with Crippen LogP contribution < -0.4 is 9.47 Å². The summed E-state index contributed by atoms with van der Waals surface area (Å²) in [4.78, 5) is 11.0. The van der Waals surface area contributed by atoms with Crippen LogP contribution in [0.1, 0.15) is 37.0 Å². The van der Waals surface area contributed by atoms with Gasteiger partial charge in [0.1, 0.15) is 17.6 Å². The van der Waals surface area contributed by atoms with E-state index < -0.39 is 17.0 Å². The average Bonchev–Trinajstić information content (AvgIpc) is 2.46. The standard InChI is InChI=1S/C16H22FNO4S/c1-11(2)21-14-8-12(16(17)19)9-15(10-14)22-13-4-6-18(7-5-13)23(3)20/h8-11,13H,4-7H2,1-3H3. The molecule has 128 valence electrons. The lowest BCUT2D eigenvalue weighted by atomic mass is 10.1. The minimum absolute atomic E-state index is 0.0494. The molecule has 0 N–H and O–H groups in total. The molecule has 0 spiro atoms. The van der Waals surface area contributed by atoms with Gasteiger partial charge in [0.15, 0.2) is 0 Å². The SMILES string of the molecule is CC(C)Oc1cc(OC2CCN(S(C)=O)CC2)cc(C(=O)F)c1. The summed E-state index contributed by atoms with van der Waals surface area (Å²) in [5, 5.41) is 0. The van der Waals surface area contributed by atoms with Crippen LogP contribution in [0.5, 0.6) is 11.5 Å². The Labute approximate surface area is 138 Å². The number of carbonyl (C=O) groups is 1. The quantitative estimate of drug-likeness (QED) is 0.745. The second kappa shape index (κ2) is 7.88. The molecule has 0 amide bonds. The van der Waals surface area contributed by atoms with Crippen molar-refractivity contribution in [2.75, 3.05) is 19.3 Å². The molecule has 1 aliphatic heterocycles. The summed E-state index contributed by atoms with van der Waals surface area (Å²) in [6.45, 7) is 5.08. The van der Waals surface area contributed by atoms with Crippen molar-refractivity contribution in [3.63, 3.8) is 0 Å². The highest BCUT2D eigenvalue weighted by atomic mass is 32.2. The van der Waals surface area contributed by atoms with Gasteiger partial charge in [0.05, 0.1) is 22.7 Å². The van der Waals surface area contributed by atoms with E-state index >= 15 is 0 Å². The molecule has 1 fully saturated rings. The number of piperidine rings is 1. The third-order valence-corrected chi connectivity index (χ3v) is 4.64. The largest absolute Gasteiger partial charge is 0.491 e. The van der Waals surface area contributed by atoms with Crippen LogP contribution in [-0.4, -0.2) is 46.1 Å². The second-order valence-corrected chi connectivity index (χ2v) is 7.17. The molecule has 2 rings (SSSR count). The summed E-state index contributed by atoms with van der Waals surface area (Å²) >= 11 is 0. The van der Waals surface area contributed by atoms with Gasteiger partial charge >= 0.3 is 6.04 Å². The predicted octanol–water partition coefficient (Wildman–Crippen LogP) is 2.72. The zero-order valence-corrected chi connectivity index (χ0v) is 14.4. The Balaban J connectivity index is 2.08. The van der Waals surface area contributed by atoms with Crippen molar-refractivity contribution in [2.24, 2.45) is 0 Å². The number of hydrogen-bond donors (Lipinski definition) is 0. The Morgan fingerprint density at radius 1 is 1.26 bits per heavy atom. The van der Waals surface area contributed by atoms with Crippen LogP contribution in [0.3, 0.4) is 0 Å². The molecule has 23 heavy (non-hydrogen) atoms. The third-order valence-electron chi connectivity index (χ3n) is 3.55. The lowest BCUT2D eigenvalue weighted by Gasteiger charge is -2.30. The molecule has 1 aromatic carbocycles. The highest BCUT2D eigenvalue weighted by Gasteiger charge is 2.23. The van der Waals surface area contributed by atoms with Crippen LogP contribution in [0, 0.1) is 0 Å². The Bertz CT molecular complexity index is 585. The number of hydrogen-bond acceptors (Lipinski definition) is 4. The minimum Gasteiger partial charge on any atom is -0.491 e. The van der Waals surface area contributed by atoms with E-state index in [-0.39, 0.29) is 17.8 Å². The summed E-state index contributed by atoms with van der Waals surface area (Å²) in [5.41, 5.74) is -0.0785. The number of ether oxygens (including phenoxy) is 2. The zero-order valence-electron chi connectivity index (χ0n) is 13.6. The van der Waals surface area contributed by atoms with Crippen LogP contribution in [0.25, 0.3) is 0 Å². The highest BCUT2D eigenvalue weighted by Crippen LogP contribution is 2.27. The fourth-order valence-corrected chi connectivity index (χ4v) is 3.22. The second-order valence-electron chi connectivity index (χ2n) is 5.80. The Morgan fingerprint density at radius 2 is 1.87 bits per heavy atom. The first kappa shape index (κ1) is 17.9. The number of carbonyl (C=O) groups excluding carboxylic acids is 1. The maximum Gasteiger partial charge on any atom is 0.332 e. The molecule has 0 aliphatic carbocycles. The predicted molar refractivity (Wildman–Crippen MR) is 86.9 cm³/mol. The normalized spacial score (nSPS) is 18.0. The van der Waals surface area contributed by atoms with E-state index in [1.165, 1.54) is 12.1 Å². The average molecular weight is 343 g/mol. The lowest BCUT2D eigenvalue weighted by molar-refractivity contribution is 0.0833. The van der Waals surface area contributed by atoms with Gasteiger partial charge < -0.3 is 9.47 Å². The van der Waals surface area contributed by atoms with E-state index in [0.29, 0.717) is 24.6 Å². The van der Waals surface area contributed by atoms with Crippen molar-refractivity contribution in [3.8, 4) is 11.5 Å². The maximum atomic E-state index is 13.1. The van der Waals surface area contributed by atoms with E-state index in [2.05, 4.69) is 0 Å². The van der Waals surface area contributed by atoms with E-state index in [4.69, 9.17) is 9.47 Å². The summed E-state index contributed by atoms with van der Waals surface area (Å²) in [7, 11) is -0.970. The lowest BCUT2D eigenvalue weighted by Crippen LogP contribution is -2.38. The summed E-state index contributed by atoms with van der Waals surface area (Å²) in [6, 6.07) is 2.91. The molecule has 1 heterocycles. The first-order valence-corrected chi connectivity index (χ1v) is 9.13. The number of nitrogens with zero attached hydrogens (tertiary/aromatic N) is 1. The third kappa shape index (κ3) is 5.28. The topological polar surface area (TPSA) is 55.8 Å². The van der Waals surface area contributed by atoms with Crippen molar-refractivity contribution in [2.45, 2.75) is 38.9 Å². The van der Waals surface area contributed by atoms with Gasteiger partial charge in [-0.25, -0.2) is 8.51 Å². The van der Waals surface area contributed by atoms with Gasteiger partial charge in [0, 0.05) is 25.4 Å². The van der Waals surface area contributed by atoms with Crippen molar-refractivity contribution in [3.05, 3.63) is 23.8 Å². The van der Waals surface area contributed by atoms with Gasteiger partial charge in [-0.2, -0.15) is 4.39 Å². The van der Waals surface area contributed by atoms with Crippen molar-refractivity contribution < 1.29 is 22.9 Å². The van der Waals surface area contributed by atoms with Gasteiger partial charge in [-0.05, 0) is 38.8 Å². The molecular weight excluding hydrogens is 321 g/mol. The Hall–Kier alpha value is -1.47. The summed E-state index contributed by atoms with van der Waals surface area (Å²) in [6.07, 6.45) is 2.98. The van der Waals surface area contributed by atoms with Gasteiger partial charge in [-0.1, -0.05) is 0 Å². The smallest absolute Gasteiger partial charge is 0.332 e. The fourth-order valence-electron chi connectivity index (χ4n) is 2.49. The highest BCUT2D eigenvalue weighted by molar-refractivity contribution is 7.81. The van der Waals surface area contributed by atoms with Crippen molar-refractivity contribution >= 4 is 17.0 Å². The number of benzene rings is 1. The van der Waals surface area contributed by atoms with E-state index in [1.54, 1.807) is 12.3 Å². The Kier molecular flexibility index (Phi) is 6.12. The molecule has 0 bridgehead atoms. The molecule has 0 saturated carbocycles. The van der Waals surface area contributed by atoms with Crippen LogP contribution in [-0.2, 0) is 11.0 Å². The van der Waals surface area contributed by atoms with Crippen LogP contribution in [0.2, 0.25) is 0 Å². The molecular formula is C16H22FNO4S. The monoisotopic (exact) mass is 343 g/mol. The summed E-state index contributed by atoms with van der Waals surface area (Å²) in [5.74, 6) is 0.825. The molecule has 0 radical (unpaired) electrons. The molecule has 1 saturated heterocycles. The number of halogens is 1. The first-order chi connectivity index (χ1) is 10.8. The molecule has 1 unspecified atom stereocenters. The van der Waals surface area contributed by atoms with E-state index in [1.807, 2.05) is 18.2 Å². The fraction of sp³-hybridized carbons (Fsp3) is 0.562. The number of rotatable bonds is 6. The van der Waals surface area contributed by atoms with E-state index in [0.717, 1.165) is 12.8 Å². The van der Waals surface area contributed by atoms with Crippen LogP contribution in [0.4, 0.5) is 4.39 Å². The molecule has 0 aromatic heterocycles.